The van der Waals surface area contributed by atoms with Crippen LogP contribution in [0.2, 0.25) is 0 Å². The van der Waals surface area contributed by atoms with Crippen molar-refractivity contribution in [2.75, 3.05) is 19.8 Å². The summed E-state index contributed by atoms with van der Waals surface area (Å²) in [5.41, 5.74) is 0. The zero-order valence-corrected chi connectivity index (χ0v) is 22.9. The van der Waals surface area contributed by atoms with E-state index in [1.807, 2.05) is 0 Å². The smallest absolute Gasteiger partial charge is 0.303 e. The van der Waals surface area contributed by atoms with Gasteiger partial charge in [0, 0.05) is 6.42 Å². The molecule has 0 radical (unpaired) electrons. The normalized spacial score (nSPS) is 34.5. The number of hydrogen-bond donors (Lipinski definition) is 9. The summed E-state index contributed by atoms with van der Waals surface area (Å²) in [6.45, 7) is -0.0753. The molecule has 0 aliphatic carbocycles. The fourth-order valence-electron chi connectivity index (χ4n) is 4.57. The van der Waals surface area contributed by atoms with Crippen molar-refractivity contribution < 1.29 is 65.0 Å². The first-order chi connectivity index (χ1) is 18.6. The second kappa shape index (κ2) is 19.2. The maximum Gasteiger partial charge on any atom is 0.303 e. The largest absolute Gasteiger partial charge is 0.481 e. The molecular formula is C26H50O13. The Labute approximate surface area is 230 Å². The van der Waals surface area contributed by atoms with Crippen molar-refractivity contribution in [1.82, 2.24) is 0 Å². The lowest BCUT2D eigenvalue weighted by Crippen LogP contribution is -2.62. The third-order valence-electron chi connectivity index (χ3n) is 7.06. The number of carbonyl (C=O) groups is 1. The molecule has 13 heteroatoms. The highest BCUT2D eigenvalue weighted by Crippen LogP contribution is 2.35. The molecule has 0 bridgehead atoms. The molecule has 2 heterocycles. The van der Waals surface area contributed by atoms with Gasteiger partial charge in [-0.3, -0.25) is 4.79 Å². The average Bonchev–Trinajstić information content (AvgIpc) is 3.17. The van der Waals surface area contributed by atoms with Crippen molar-refractivity contribution in [2.45, 2.75) is 139 Å². The molecule has 0 amide bonds. The van der Waals surface area contributed by atoms with Crippen LogP contribution in [0.15, 0.2) is 0 Å². The van der Waals surface area contributed by atoms with Gasteiger partial charge in [-0.15, -0.1) is 0 Å². The van der Waals surface area contributed by atoms with Crippen molar-refractivity contribution >= 4 is 5.97 Å². The lowest BCUT2D eigenvalue weighted by atomic mass is 9.99. The third-order valence-corrected chi connectivity index (χ3v) is 7.06. The van der Waals surface area contributed by atoms with Gasteiger partial charge >= 0.3 is 5.97 Å². The van der Waals surface area contributed by atoms with Gasteiger partial charge in [0.05, 0.1) is 13.2 Å². The van der Waals surface area contributed by atoms with E-state index in [1.54, 1.807) is 0 Å². The Morgan fingerprint density at radius 2 is 1.23 bits per heavy atom. The van der Waals surface area contributed by atoms with Crippen LogP contribution in [0.3, 0.4) is 0 Å². The molecule has 232 valence electrons. The minimum atomic E-state index is -2.22. The number of ether oxygens (including phenoxy) is 3. The summed E-state index contributed by atoms with van der Waals surface area (Å²) in [7, 11) is 0. The highest BCUT2D eigenvalue weighted by atomic mass is 16.8. The van der Waals surface area contributed by atoms with Crippen LogP contribution in [-0.2, 0) is 19.0 Å². The predicted molar refractivity (Wildman–Crippen MR) is 137 cm³/mol. The molecule has 2 rings (SSSR count). The van der Waals surface area contributed by atoms with Crippen LogP contribution >= 0.6 is 0 Å². The lowest BCUT2D eigenvalue weighted by Gasteiger charge is -2.43. The summed E-state index contributed by atoms with van der Waals surface area (Å²) in [6, 6.07) is 0. The van der Waals surface area contributed by atoms with E-state index in [4.69, 9.17) is 29.5 Å². The summed E-state index contributed by atoms with van der Waals surface area (Å²) in [6.07, 6.45) is 1.71. The maximum absolute atomic E-state index is 10.3. The number of aliphatic hydroxyl groups excluding tert-OH is 8. The Morgan fingerprint density at radius 1 is 0.718 bits per heavy atom. The van der Waals surface area contributed by atoms with Crippen molar-refractivity contribution in [1.29, 1.82) is 0 Å². The van der Waals surface area contributed by atoms with E-state index in [-0.39, 0.29) is 0 Å². The molecular weight excluding hydrogens is 520 g/mol. The van der Waals surface area contributed by atoms with Gasteiger partial charge in [0.25, 0.3) is 0 Å². The number of hydrogen-bond acceptors (Lipinski definition) is 12. The van der Waals surface area contributed by atoms with Gasteiger partial charge in [-0.25, -0.2) is 0 Å². The first-order valence-electron chi connectivity index (χ1n) is 14.0. The molecule has 0 unspecified atom stereocenters. The number of aliphatic hydroxyl groups is 8. The Kier molecular flexibility index (Phi) is 17.8. The van der Waals surface area contributed by atoms with Gasteiger partial charge in [-0.1, -0.05) is 71.1 Å². The lowest BCUT2D eigenvalue weighted by molar-refractivity contribution is -0.383. The fourth-order valence-corrected chi connectivity index (χ4v) is 4.57. The van der Waals surface area contributed by atoms with Crippen molar-refractivity contribution in [3.8, 4) is 0 Å². The molecule has 2 saturated heterocycles. The van der Waals surface area contributed by atoms with Crippen LogP contribution in [0, 0.1) is 0 Å². The quantitative estimate of drug-likeness (QED) is 0.0994. The predicted octanol–water partition coefficient (Wildman–Crippen LogP) is -0.623. The number of carboxylic acid groups (broad SMARTS) is 1. The molecule has 0 saturated carbocycles. The monoisotopic (exact) mass is 570 g/mol. The van der Waals surface area contributed by atoms with Gasteiger partial charge in [-0.05, 0) is 6.42 Å². The minimum Gasteiger partial charge on any atom is -0.481 e. The van der Waals surface area contributed by atoms with E-state index in [9.17, 15) is 35.4 Å². The number of unbranched alkanes of at least 4 members (excludes halogenated alkanes) is 10. The summed E-state index contributed by atoms with van der Waals surface area (Å²) in [5.74, 6) is -2.88. The van der Waals surface area contributed by atoms with E-state index < -0.39 is 80.6 Å². The second-order valence-electron chi connectivity index (χ2n) is 10.2. The van der Waals surface area contributed by atoms with Crippen molar-refractivity contribution in [3.05, 3.63) is 0 Å². The zero-order chi connectivity index (χ0) is 29.4. The van der Waals surface area contributed by atoms with Crippen LogP contribution < -0.4 is 0 Å². The summed E-state index contributed by atoms with van der Waals surface area (Å²) >= 11 is 0. The first-order valence-corrected chi connectivity index (χ1v) is 14.0. The van der Waals surface area contributed by atoms with Gasteiger partial charge in [0.2, 0.25) is 5.79 Å². The second-order valence-corrected chi connectivity index (χ2v) is 10.2. The molecule has 13 nitrogen and oxygen atoms in total. The molecule has 0 spiro atoms. The highest BCUT2D eigenvalue weighted by molar-refractivity contribution is 5.66. The molecule has 0 aromatic carbocycles. The van der Waals surface area contributed by atoms with Crippen LogP contribution in [0.4, 0.5) is 0 Å². The molecule has 0 aromatic rings. The van der Waals surface area contributed by atoms with Gasteiger partial charge in [0.1, 0.15) is 49.3 Å². The topological polar surface area (TPSA) is 227 Å². The maximum atomic E-state index is 10.3. The fraction of sp³-hybridized carbons (Fsp3) is 0.962. The third kappa shape index (κ3) is 11.4. The molecule has 2 aliphatic rings. The number of rotatable bonds is 17. The summed E-state index contributed by atoms with van der Waals surface area (Å²) in [4.78, 5) is 10.3. The molecule has 39 heavy (non-hydrogen) atoms. The van der Waals surface area contributed by atoms with Crippen LogP contribution in [0.5, 0.6) is 0 Å². The van der Waals surface area contributed by atoms with E-state index in [0.717, 1.165) is 12.8 Å². The highest BCUT2D eigenvalue weighted by Gasteiger charge is 2.58. The van der Waals surface area contributed by atoms with E-state index in [1.165, 1.54) is 57.8 Å². The molecule has 0 aromatic heterocycles. The van der Waals surface area contributed by atoms with Crippen molar-refractivity contribution in [3.63, 3.8) is 0 Å². The van der Waals surface area contributed by atoms with Gasteiger partial charge in [0.15, 0.2) is 6.29 Å². The summed E-state index contributed by atoms with van der Waals surface area (Å²) < 4.78 is 15.4. The Balaban J connectivity index is 0.000000420. The average molecular weight is 571 g/mol. The van der Waals surface area contributed by atoms with Crippen LogP contribution in [-0.4, -0.2) is 127 Å². The summed E-state index contributed by atoms with van der Waals surface area (Å²) in [5, 5.41) is 85.1. The van der Waals surface area contributed by atoms with E-state index in [2.05, 4.69) is 6.92 Å². The van der Waals surface area contributed by atoms with Crippen LogP contribution in [0.1, 0.15) is 84.0 Å². The molecule has 2 aliphatic heterocycles. The molecule has 9 N–H and O–H groups in total. The Morgan fingerprint density at radius 3 is 1.67 bits per heavy atom. The van der Waals surface area contributed by atoms with Gasteiger partial charge < -0.3 is 60.2 Å². The van der Waals surface area contributed by atoms with Crippen molar-refractivity contribution in [2.24, 2.45) is 0 Å². The molecule has 2 fully saturated rings. The Bertz CT molecular complexity index is 651. The first kappa shape index (κ1) is 36.1. The van der Waals surface area contributed by atoms with Gasteiger partial charge in [-0.2, -0.15) is 0 Å². The number of aliphatic carboxylic acids is 1. The Hall–Kier alpha value is -0.970. The number of carboxylic acids is 1. The SMILES string of the molecule is CCCCCCCCCCCCCC(=O)O.OC[C@H]1O[C@@](CO)(O[C@H]2O[C@H](CO)[C@@H](O)[C@H](O)[C@H]2O)[C@@H](O)[C@@H]1O. The van der Waals surface area contributed by atoms with E-state index in [0.29, 0.717) is 6.42 Å². The molecule has 9 atom stereocenters. The van der Waals surface area contributed by atoms with Crippen LogP contribution in [0.25, 0.3) is 0 Å². The standard InChI is InChI=1S/C14H28O2.C12H22O11/c1-2-3-4-5-6-7-8-9-10-11-12-13-14(15)16;13-1-4-6(16)8(18)9(19)11(21-4)23-12(3-15)10(20)7(17)5(2-14)22-12/h2-13H2,1H3,(H,15,16);4-11,13-20H,1-3H2/t;4-,5-,6-,7-,8+,9-,10+,11-,12+/m.1/s1. The van der Waals surface area contributed by atoms with E-state index >= 15 is 0 Å². The minimum absolute atomic E-state index is 0.344. The zero-order valence-electron chi connectivity index (χ0n) is 22.9.